The Labute approximate surface area is 204 Å². The highest BCUT2D eigenvalue weighted by atomic mass is 32.2. The molecule has 0 aromatic heterocycles. The molecule has 0 radical (unpaired) electrons. The van der Waals surface area contributed by atoms with Crippen molar-refractivity contribution in [2.45, 2.75) is 30.2 Å². The van der Waals surface area contributed by atoms with Crippen molar-refractivity contribution in [2.24, 2.45) is 5.10 Å². The van der Waals surface area contributed by atoms with Crippen molar-refractivity contribution in [2.75, 3.05) is 7.11 Å². The zero-order valence-corrected chi connectivity index (χ0v) is 20.2. The van der Waals surface area contributed by atoms with E-state index in [1.807, 2.05) is 80.6 Å². The summed E-state index contributed by atoms with van der Waals surface area (Å²) in [5.74, 6) is -0.0698. The van der Waals surface area contributed by atoms with E-state index in [4.69, 9.17) is 9.47 Å². The molecule has 0 bridgehead atoms. The molecule has 3 aromatic rings. The SMILES string of the molecule is C/C=N\N1C(C(=O)OC)=C(OCc2ccccc2)c2ccc(Sc3ccccc3)cc2/C1=C\C. The van der Waals surface area contributed by atoms with Crippen LogP contribution in [0.2, 0.25) is 0 Å². The third-order valence-electron chi connectivity index (χ3n) is 5.25. The van der Waals surface area contributed by atoms with E-state index in [0.717, 1.165) is 32.2 Å². The number of esters is 1. The largest absolute Gasteiger partial charge is 0.486 e. The summed E-state index contributed by atoms with van der Waals surface area (Å²) in [4.78, 5) is 15.2. The highest BCUT2D eigenvalue weighted by Crippen LogP contribution is 2.42. The van der Waals surface area contributed by atoms with Crippen LogP contribution in [0.1, 0.15) is 30.5 Å². The number of nitrogens with zero attached hydrogens (tertiary/aromatic N) is 2. The highest BCUT2D eigenvalue weighted by molar-refractivity contribution is 7.99. The van der Waals surface area contributed by atoms with Crippen LogP contribution >= 0.6 is 11.8 Å². The number of allylic oxidation sites excluding steroid dienone is 1. The number of hydrazone groups is 1. The zero-order chi connectivity index (χ0) is 23.9. The maximum atomic E-state index is 12.9. The summed E-state index contributed by atoms with van der Waals surface area (Å²) in [6.07, 6.45) is 3.59. The van der Waals surface area contributed by atoms with Gasteiger partial charge in [-0.1, -0.05) is 66.4 Å². The number of ether oxygens (including phenoxy) is 2. The van der Waals surface area contributed by atoms with Crippen LogP contribution in [0.5, 0.6) is 0 Å². The number of carbonyl (C=O) groups excluding carboxylic acids is 1. The number of fused-ring (bicyclic) bond motifs is 1. The molecule has 0 atom stereocenters. The van der Waals surface area contributed by atoms with Crippen LogP contribution < -0.4 is 0 Å². The summed E-state index contributed by atoms with van der Waals surface area (Å²) in [6.45, 7) is 4.05. The molecule has 1 heterocycles. The molecule has 5 nitrogen and oxygen atoms in total. The molecule has 1 aliphatic heterocycles. The number of hydrogen-bond acceptors (Lipinski definition) is 6. The number of benzene rings is 3. The van der Waals surface area contributed by atoms with Crippen LogP contribution in [-0.2, 0) is 20.9 Å². The molecule has 0 saturated carbocycles. The average Bonchev–Trinajstić information content (AvgIpc) is 2.88. The predicted octanol–water partition coefficient (Wildman–Crippen LogP) is 6.58. The van der Waals surface area contributed by atoms with Crippen molar-refractivity contribution >= 4 is 35.4 Å². The lowest BCUT2D eigenvalue weighted by atomic mass is 9.96. The Kier molecular flexibility index (Phi) is 7.50. The summed E-state index contributed by atoms with van der Waals surface area (Å²) in [6, 6.07) is 26.2. The van der Waals surface area contributed by atoms with Gasteiger partial charge in [0.05, 0.1) is 12.8 Å². The normalized spacial score (nSPS) is 14.4. The first-order valence-corrected chi connectivity index (χ1v) is 11.8. The van der Waals surface area contributed by atoms with E-state index in [0.29, 0.717) is 12.4 Å². The molecule has 172 valence electrons. The molecular formula is C28H26N2O3S. The standard InChI is InChI=1S/C28H26N2O3S/c1-4-25-24-18-22(34-21-14-10-7-11-15-21)16-17-23(24)27(33-19-20-12-8-6-9-13-20)26(28(31)32-3)30(25)29-5-2/h4-18H,19H2,1-3H3/b25-4+,29-5-. The Morgan fingerprint density at radius 2 is 1.65 bits per heavy atom. The second-order valence-electron chi connectivity index (χ2n) is 7.43. The maximum Gasteiger partial charge on any atom is 0.360 e. The van der Waals surface area contributed by atoms with Gasteiger partial charge < -0.3 is 9.47 Å². The quantitative estimate of drug-likeness (QED) is 0.288. The number of rotatable bonds is 7. The molecule has 0 N–H and O–H groups in total. The number of methoxy groups -OCH3 is 1. The Balaban J connectivity index is 1.83. The molecule has 0 unspecified atom stereocenters. The summed E-state index contributed by atoms with van der Waals surface area (Å²) in [5, 5.41) is 6.10. The predicted molar refractivity (Wildman–Crippen MR) is 137 cm³/mol. The van der Waals surface area contributed by atoms with E-state index >= 15 is 0 Å². The van der Waals surface area contributed by atoms with Crippen LogP contribution in [-0.4, -0.2) is 24.3 Å². The first kappa shape index (κ1) is 23.4. The van der Waals surface area contributed by atoms with Gasteiger partial charge in [-0.2, -0.15) is 5.10 Å². The molecule has 0 amide bonds. The molecular weight excluding hydrogens is 444 g/mol. The molecule has 0 saturated heterocycles. The summed E-state index contributed by atoms with van der Waals surface area (Å²) in [5.41, 5.74) is 3.80. The third kappa shape index (κ3) is 4.92. The maximum absolute atomic E-state index is 12.9. The molecule has 0 aliphatic carbocycles. The van der Waals surface area contributed by atoms with Crippen LogP contribution in [0.4, 0.5) is 0 Å². The van der Waals surface area contributed by atoms with Gasteiger partial charge in [-0.25, -0.2) is 9.80 Å². The third-order valence-corrected chi connectivity index (χ3v) is 6.25. The average molecular weight is 471 g/mol. The van der Waals surface area contributed by atoms with Crippen molar-refractivity contribution in [3.63, 3.8) is 0 Å². The minimum atomic E-state index is -0.513. The topological polar surface area (TPSA) is 51.1 Å². The van der Waals surface area contributed by atoms with Gasteiger partial charge in [0.25, 0.3) is 0 Å². The number of hydrogen-bond donors (Lipinski definition) is 0. The zero-order valence-electron chi connectivity index (χ0n) is 19.4. The molecule has 1 aliphatic rings. The molecule has 0 spiro atoms. The summed E-state index contributed by atoms with van der Waals surface area (Å²) in [7, 11) is 1.36. The van der Waals surface area contributed by atoms with E-state index in [2.05, 4.69) is 23.3 Å². The first-order chi connectivity index (χ1) is 16.7. The van der Waals surface area contributed by atoms with Gasteiger partial charge in [0.15, 0.2) is 11.5 Å². The fourth-order valence-electron chi connectivity index (χ4n) is 3.74. The summed E-state index contributed by atoms with van der Waals surface area (Å²) < 4.78 is 11.4. The smallest absolute Gasteiger partial charge is 0.360 e. The van der Waals surface area contributed by atoms with Gasteiger partial charge in [0.2, 0.25) is 0 Å². The molecule has 4 rings (SSSR count). The fraction of sp³-hybridized carbons (Fsp3) is 0.143. The Morgan fingerprint density at radius 1 is 0.941 bits per heavy atom. The highest BCUT2D eigenvalue weighted by Gasteiger charge is 2.35. The Morgan fingerprint density at radius 3 is 2.29 bits per heavy atom. The molecule has 3 aromatic carbocycles. The van der Waals surface area contributed by atoms with E-state index < -0.39 is 5.97 Å². The van der Waals surface area contributed by atoms with Crippen molar-refractivity contribution in [1.29, 1.82) is 0 Å². The van der Waals surface area contributed by atoms with Gasteiger partial charge in [0.1, 0.15) is 6.61 Å². The van der Waals surface area contributed by atoms with Crippen LogP contribution in [0, 0.1) is 0 Å². The molecule has 34 heavy (non-hydrogen) atoms. The molecule has 0 fully saturated rings. The van der Waals surface area contributed by atoms with Crippen molar-refractivity contribution in [3.8, 4) is 0 Å². The van der Waals surface area contributed by atoms with E-state index in [9.17, 15) is 4.79 Å². The van der Waals surface area contributed by atoms with Crippen LogP contribution in [0.25, 0.3) is 11.5 Å². The summed E-state index contributed by atoms with van der Waals surface area (Å²) >= 11 is 1.68. The lowest BCUT2D eigenvalue weighted by Crippen LogP contribution is -2.29. The van der Waals surface area contributed by atoms with Crippen molar-refractivity contribution in [3.05, 3.63) is 107 Å². The second-order valence-corrected chi connectivity index (χ2v) is 8.57. The van der Waals surface area contributed by atoms with Gasteiger partial charge >= 0.3 is 5.97 Å². The fourth-order valence-corrected chi connectivity index (χ4v) is 4.62. The van der Waals surface area contributed by atoms with Gasteiger partial charge in [-0.05, 0) is 49.7 Å². The van der Waals surface area contributed by atoms with E-state index in [-0.39, 0.29) is 5.70 Å². The minimum Gasteiger partial charge on any atom is -0.486 e. The van der Waals surface area contributed by atoms with Gasteiger partial charge in [-0.15, -0.1) is 0 Å². The Hall–Kier alpha value is -3.77. The first-order valence-electron chi connectivity index (χ1n) is 11.0. The van der Waals surface area contributed by atoms with E-state index in [1.165, 1.54) is 7.11 Å². The minimum absolute atomic E-state index is 0.251. The van der Waals surface area contributed by atoms with Gasteiger partial charge in [0, 0.05) is 27.1 Å². The van der Waals surface area contributed by atoms with Crippen molar-refractivity contribution < 1.29 is 14.3 Å². The van der Waals surface area contributed by atoms with E-state index in [1.54, 1.807) is 23.0 Å². The number of carbonyl (C=O) groups is 1. The van der Waals surface area contributed by atoms with Crippen molar-refractivity contribution in [1.82, 2.24) is 5.01 Å². The van der Waals surface area contributed by atoms with Crippen LogP contribution in [0.15, 0.2) is 106 Å². The monoisotopic (exact) mass is 470 g/mol. The lowest BCUT2D eigenvalue weighted by Gasteiger charge is -2.32. The second kappa shape index (κ2) is 10.9. The Bertz CT molecular complexity index is 1250. The van der Waals surface area contributed by atoms with Crippen LogP contribution in [0.3, 0.4) is 0 Å². The lowest BCUT2D eigenvalue weighted by molar-refractivity contribution is -0.137. The van der Waals surface area contributed by atoms with Gasteiger partial charge in [-0.3, -0.25) is 0 Å². The molecule has 6 heteroatoms.